The van der Waals surface area contributed by atoms with Crippen LogP contribution in [-0.4, -0.2) is 37.0 Å². The van der Waals surface area contributed by atoms with Crippen LogP contribution < -0.4 is 0 Å². The van der Waals surface area contributed by atoms with Crippen LogP contribution in [-0.2, 0) is 6.54 Å². The Hall–Kier alpha value is -2.67. The van der Waals surface area contributed by atoms with Crippen LogP contribution in [0.5, 0.6) is 0 Å². The number of aryl methyl sites for hydroxylation is 1. The molecule has 118 valence electrons. The molecule has 0 aromatic carbocycles. The molecule has 0 bridgehead atoms. The minimum absolute atomic E-state index is 0.0201. The van der Waals surface area contributed by atoms with Gasteiger partial charge in [0, 0.05) is 30.7 Å². The van der Waals surface area contributed by atoms with Gasteiger partial charge in [0.25, 0.3) is 0 Å². The molecule has 0 aliphatic heterocycles. The summed E-state index contributed by atoms with van der Waals surface area (Å²) in [6, 6.07) is 5.70. The van der Waals surface area contributed by atoms with E-state index >= 15 is 0 Å². The van der Waals surface area contributed by atoms with Gasteiger partial charge in [0.05, 0.1) is 6.04 Å². The zero-order chi connectivity index (χ0) is 16.2. The maximum Gasteiger partial charge on any atom is 0.243 e. The highest BCUT2D eigenvalue weighted by atomic mass is 16.5. The molecule has 3 aromatic heterocycles. The van der Waals surface area contributed by atoms with Gasteiger partial charge < -0.3 is 4.52 Å². The average molecular weight is 310 g/mol. The van der Waals surface area contributed by atoms with Crippen molar-refractivity contribution in [2.45, 2.75) is 26.4 Å². The SMILES string of the molecule is Cc1noc([C@@H](C)N(C)Cc2cnc(-c3ccccn3)nc2)n1. The second kappa shape index (κ2) is 6.62. The molecule has 0 N–H and O–H groups in total. The Morgan fingerprint density at radius 2 is 1.96 bits per heavy atom. The van der Waals surface area contributed by atoms with E-state index in [-0.39, 0.29) is 6.04 Å². The van der Waals surface area contributed by atoms with E-state index in [2.05, 4.69) is 30.0 Å². The largest absolute Gasteiger partial charge is 0.338 e. The molecule has 3 heterocycles. The molecule has 23 heavy (non-hydrogen) atoms. The van der Waals surface area contributed by atoms with Crippen molar-refractivity contribution in [3.05, 3.63) is 54.1 Å². The lowest BCUT2D eigenvalue weighted by molar-refractivity contribution is 0.202. The zero-order valence-corrected chi connectivity index (χ0v) is 13.3. The van der Waals surface area contributed by atoms with Crippen molar-refractivity contribution in [1.29, 1.82) is 0 Å². The van der Waals surface area contributed by atoms with E-state index in [0.717, 1.165) is 11.3 Å². The molecule has 0 aliphatic carbocycles. The molecule has 1 atom stereocenters. The van der Waals surface area contributed by atoms with E-state index in [1.807, 2.05) is 51.5 Å². The first kappa shape index (κ1) is 15.2. The number of aromatic nitrogens is 5. The quantitative estimate of drug-likeness (QED) is 0.715. The molecule has 0 spiro atoms. The summed E-state index contributed by atoms with van der Waals surface area (Å²) >= 11 is 0. The van der Waals surface area contributed by atoms with Gasteiger partial charge >= 0.3 is 0 Å². The maximum absolute atomic E-state index is 5.22. The van der Waals surface area contributed by atoms with Crippen molar-refractivity contribution in [2.24, 2.45) is 0 Å². The summed E-state index contributed by atoms with van der Waals surface area (Å²) in [5.41, 5.74) is 1.78. The molecule has 0 saturated heterocycles. The van der Waals surface area contributed by atoms with Gasteiger partial charge in [-0.3, -0.25) is 9.88 Å². The van der Waals surface area contributed by atoms with E-state index in [1.54, 1.807) is 6.20 Å². The summed E-state index contributed by atoms with van der Waals surface area (Å²) in [5.74, 6) is 1.87. The van der Waals surface area contributed by atoms with E-state index in [0.29, 0.717) is 24.1 Å². The lowest BCUT2D eigenvalue weighted by atomic mass is 10.2. The van der Waals surface area contributed by atoms with Gasteiger partial charge in [0.15, 0.2) is 11.6 Å². The smallest absolute Gasteiger partial charge is 0.243 e. The second-order valence-corrected chi connectivity index (χ2v) is 5.40. The van der Waals surface area contributed by atoms with Gasteiger partial charge in [0.1, 0.15) is 5.69 Å². The lowest BCUT2D eigenvalue weighted by Crippen LogP contribution is -2.22. The number of nitrogens with zero attached hydrogens (tertiary/aromatic N) is 6. The van der Waals surface area contributed by atoms with Crippen LogP contribution >= 0.6 is 0 Å². The average Bonchev–Trinajstić information content (AvgIpc) is 3.02. The van der Waals surface area contributed by atoms with E-state index in [1.165, 1.54) is 0 Å². The highest BCUT2D eigenvalue weighted by Gasteiger charge is 2.18. The molecule has 0 unspecified atom stereocenters. The predicted molar refractivity (Wildman–Crippen MR) is 84.2 cm³/mol. The fraction of sp³-hybridized carbons (Fsp3) is 0.312. The topological polar surface area (TPSA) is 80.8 Å². The molecule has 0 fully saturated rings. The van der Waals surface area contributed by atoms with Gasteiger partial charge in [-0.25, -0.2) is 9.97 Å². The molecular formula is C16H18N6O. The number of pyridine rings is 1. The number of hydrogen-bond donors (Lipinski definition) is 0. The summed E-state index contributed by atoms with van der Waals surface area (Å²) in [6.45, 7) is 4.52. The fourth-order valence-corrected chi connectivity index (χ4v) is 2.16. The number of rotatable bonds is 5. The molecule has 7 nitrogen and oxygen atoms in total. The Labute approximate surface area is 134 Å². The van der Waals surface area contributed by atoms with E-state index in [9.17, 15) is 0 Å². The van der Waals surface area contributed by atoms with E-state index < -0.39 is 0 Å². The molecule has 3 rings (SSSR count). The predicted octanol–water partition coefficient (Wildman–Crippen LogP) is 2.42. The normalized spacial score (nSPS) is 12.5. The molecule has 0 aliphatic rings. The summed E-state index contributed by atoms with van der Waals surface area (Å²) in [4.78, 5) is 19.4. The third-order valence-corrected chi connectivity index (χ3v) is 3.59. The van der Waals surface area contributed by atoms with Crippen LogP contribution in [0.25, 0.3) is 11.5 Å². The summed E-state index contributed by atoms with van der Waals surface area (Å²) in [5, 5.41) is 3.83. The van der Waals surface area contributed by atoms with Gasteiger partial charge in [-0.1, -0.05) is 11.2 Å². The van der Waals surface area contributed by atoms with Crippen molar-refractivity contribution in [2.75, 3.05) is 7.05 Å². The molecule has 0 amide bonds. The van der Waals surface area contributed by atoms with Gasteiger partial charge in [-0.2, -0.15) is 4.98 Å². The second-order valence-electron chi connectivity index (χ2n) is 5.40. The van der Waals surface area contributed by atoms with Gasteiger partial charge in [0.2, 0.25) is 5.89 Å². The van der Waals surface area contributed by atoms with Crippen LogP contribution in [0, 0.1) is 6.92 Å². The standard InChI is InChI=1S/C16H18N6O/c1-11(16-20-12(2)21-23-16)22(3)10-13-8-18-15(19-9-13)14-6-4-5-7-17-14/h4-9,11H,10H2,1-3H3/t11-/m1/s1. The van der Waals surface area contributed by atoms with Crippen LogP contribution in [0.3, 0.4) is 0 Å². The highest BCUT2D eigenvalue weighted by Crippen LogP contribution is 2.19. The third-order valence-electron chi connectivity index (χ3n) is 3.59. The van der Waals surface area contributed by atoms with Crippen LogP contribution in [0.4, 0.5) is 0 Å². The molecule has 7 heteroatoms. The van der Waals surface area contributed by atoms with E-state index in [4.69, 9.17) is 4.52 Å². The van der Waals surface area contributed by atoms with Crippen LogP contribution in [0.1, 0.15) is 30.2 Å². The summed E-state index contributed by atoms with van der Waals surface area (Å²) in [6.07, 6.45) is 5.37. The lowest BCUT2D eigenvalue weighted by Gasteiger charge is -2.21. The van der Waals surface area contributed by atoms with Crippen LogP contribution in [0.15, 0.2) is 41.3 Å². The monoisotopic (exact) mass is 310 g/mol. The molecule has 0 radical (unpaired) electrons. The van der Waals surface area contributed by atoms with Crippen molar-refractivity contribution in [3.8, 4) is 11.5 Å². The van der Waals surface area contributed by atoms with Crippen molar-refractivity contribution >= 4 is 0 Å². The Morgan fingerprint density at radius 1 is 1.17 bits per heavy atom. The van der Waals surface area contributed by atoms with Crippen molar-refractivity contribution < 1.29 is 4.52 Å². The third kappa shape index (κ3) is 3.57. The Balaban J connectivity index is 1.68. The summed E-state index contributed by atoms with van der Waals surface area (Å²) in [7, 11) is 2.00. The van der Waals surface area contributed by atoms with Crippen LogP contribution in [0.2, 0.25) is 0 Å². The van der Waals surface area contributed by atoms with Gasteiger partial charge in [-0.05, 0) is 33.0 Å². The minimum atomic E-state index is 0.0201. The Kier molecular flexibility index (Phi) is 4.38. The highest BCUT2D eigenvalue weighted by molar-refractivity contribution is 5.47. The Morgan fingerprint density at radius 3 is 2.57 bits per heavy atom. The molecule has 0 saturated carbocycles. The maximum atomic E-state index is 5.22. The van der Waals surface area contributed by atoms with Gasteiger partial charge in [-0.15, -0.1) is 0 Å². The molecular weight excluding hydrogens is 292 g/mol. The fourth-order valence-electron chi connectivity index (χ4n) is 2.16. The zero-order valence-electron chi connectivity index (χ0n) is 13.3. The van der Waals surface area contributed by atoms with Crippen molar-refractivity contribution in [3.63, 3.8) is 0 Å². The first-order valence-corrected chi connectivity index (χ1v) is 7.36. The molecule has 3 aromatic rings. The first-order valence-electron chi connectivity index (χ1n) is 7.36. The Bertz CT molecular complexity index is 756. The number of hydrogen-bond acceptors (Lipinski definition) is 7. The summed E-state index contributed by atoms with van der Waals surface area (Å²) < 4.78 is 5.22. The van der Waals surface area contributed by atoms with Crippen molar-refractivity contribution in [1.82, 2.24) is 30.0 Å². The minimum Gasteiger partial charge on any atom is -0.338 e. The first-order chi connectivity index (χ1) is 11.1.